The molecule has 1 amide bonds. The summed E-state index contributed by atoms with van der Waals surface area (Å²) in [5.41, 5.74) is 3.84. The van der Waals surface area contributed by atoms with E-state index in [1.54, 1.807) is 6.20 Å². The summed E-state index contributed by atoms with van der Waals surface area (Å²) in [5, 5.41) is 6.60. The highest BCUT2D eigenvalue weighted by atomic mass is 16.1. The lowest BCUT2D eigenvalue weighted by Gasteiger charge is -2.35. The number of carbonyl (C=O) groups is 1. The van der Waals surface area contributed by atoms with Crippen LogP contribution in [-0.2, 0) is 16.6 Å². The molecule has 1 aliphatic carbocycles. The first-order chi connectivity index (χ1) is 12.3. The SMILES string of the molecule is O=C(NCCc1ccccn1)C1CC2(CCNCC2)c2ccccc21. The van der Waals surface area contributed by atoms with Crippen LogP contribution in [0.15, 0.2) is 48.7 Å². The first kappa shape index (κ1) is 16.3. The minimum absolute atomic E-state index is 0.0157. The van der Waals surface area contributed by atoms with E-state index in [2.05, 4.69) is 39.9 Å². The van der Waals surface area contributed by atoms with Crippen molar-refractivity contribution < 1.29 is 4.79 Å². The van der Waals surface area contributed by atoms with Crippen LogP contribution in [0.2, 0.25) is 0 Å². The van der Waals surface area contributed by atoms with E-state index in [0.717, 1.165) is 44.5 Å². The predicted octanol–water partition coefficient (Wildman–Crippen LogP) is 2.55. The average Bonchev–Trinajstić information content (AvgIpc) is 2.98. The molecule has 4 heteroatoms. The van der Waals surface area contributed by atoms with Crippen molar-refractivity contribution in [3.63, 3.8) is 0 Å². The molecule has 2 aromatic rings. The van der Waals surface area contributed by atoms with Gasteiger partial charge in [0.05, 0.1) is 5.92 Å². The van der Waals surface area contributed by atoms with E-state index in [9.17, 15) is 4.79 Å². The van der Waals surface area contributed by atoms with Crippen LogP contribution in [0.1, 0.15) is 42.0 Å². The Labute approximate surface area is 149 Å². The number of carbonyl (C=O) groups excluding carboxylic acids is 1. The molecule has 0 saturated carbocycles. The van der Waals surface area contributed by atoms with Gasteiger partial charge in [-0.15, -0.1) is 0 Å². The molecule has 0 radical (unpaired) electrons. The van der Waals surface area contributed by atoms with Gasteiger partial charge in [-0.2, -0.15) is 0 Å². The molecule has 1 aliphatic heterocycles. The maximum atomic E-state index is 12.9. The molecule has 1 aromatic heterocycles. The zero-order chi connectivity index (χ0) is 17.1. The number of piperidine rings is 1. The van der Waals surface area contributed by atoms with E-state index in [1.807, 2.05) is 18.2 Å². The zero-order valence-electron chi connectivity index (χ0n) is 14.5. The highest BCUT2D eigenvalue weighted by molar-refractivity contribution is 5.85. The molecular formula is C21H25N3O. The average molecular weight is 335 g/mol. The highest BCUT2D eigenvalue weighted by Crippen LogP contribution is 2.50. The second-order valence-corrected chi connectivity index (χ2v) is 7.24. The number of fused-ring (bicyclic) bond motifs is 2. The largest absolute Gasteiger partial charge is 0.355 e. The Morgan fingerprint density at radius 2 is 1.96 bits per heavy atom. The van der Waals surface area contributed by atoms with E-state index in [0.29, 0.717) is 6.54 Å². The van der Waals surface area contributed by atoms with Crippen LogP contribution >= 0.6 is 0 Å². The lowest BCUT2D eigenvalue weighted by atomic mass is 9.74. The second-order valence-electron chi connectivity index (χ2n) is 7.24. The van der Waals surface area contributed by atoms with Crippen molar-refractivity contribution in [2.24, 2.45) is 0 Å². The standard InChI is InChI=1S/C21H25N3O/c25-20(24-12-8-16-5-3-4-11-23-16)18-15-21(9-13-22-14-10-21)19-7-2-1-6-17(18)19/h1-7,11,18,22H,8-10,12-15H2,(H,24,25). The maximum absolute atomic E-state index is 12.9. The fourth-order valence-electron chi connectivity index (χ4n) is 4.49. The van der Waals surface area contributed by atoms with Crippen LogP contribution in [0.4, 0.5) is 0 Å². The molecule has 4 rings (SSSR count). The number of hydrogen-bond donors (Lipinski definition) is 2. The summed E-state index contributed by atoms with van der Waals surface area (Å²) in [4.78, 5) is 17.2. The van der Waals surface area contributed by atoms with E-state index in [-0.39, 0.29) is 17.2 Å². The number of aromatic nitrogens is 1. The molecule has 1 atom stereocenters. The van der Waals surface area contributed by atoms with Crippen LogP contribution in [0.3, 0.4) is 0 Å². The maximum Gasteiger partial charge on any atom is 0.227 e. The molecule has 2 N–H and O–H groups in total. The third-order valence-electron chi connectivity index (χ3n) is 5.79. The van der Waals surface area contributed by atoms with Crippen LogP contribution in [0.25, 0.3) is 0 Å². The molecule has 25 heavy (non-hydrogen) atoms. The van der Waals surface area contributed by atoms with E-state index in [4.69, 9.17) is 0 Å². The fraction of sp³-hybridized carbons (Fsp3) is 0.429. The van der Waals surface area contributed by atoms with Crippen molar-refractivity contribution in [2.75, 3.05) is 19.6 Å². The quantitative estimate of drug-likeness (QED) is 0.903. The van der Waals surface area contributed by atoms with Crippen LogP contribution < -0.4 is 10.6 Å². The molecular weight excluding hydrogens is 310 g/mol. The minimum atomic E-state index is -0.0157. The number of nitrogens with one attached hydrogen (secondary N) is 2. The Bertz CT molecular complexity index is 738. The predicted molar refractivity (Wildman–Crippen MR) is 98.5 cm³/mol. The lowest BCUT2D eigenvalue weighted by molar-refractivity contribution is -0.122. The van der Waals surface area contributed by atoms with Crippen molar-refractivity contribution in [2.45, 2.75) is 37.0 Å². The number of hydrogen-bond acceptors (Lipinski definition) is 3. The molecule has 1 saturated heterocycles. The molecule has 1 fully saturated rings. The van der Waals surface area contributed by atoms with Crippen molar-refractivity contribution in [3.8, 4) is 0 Å². The Kier molecular flexibility index (Phi) is 4.53. The molecule has 1 spiro atoms. The Balaban J connectivity index is 1.46. The summed E-state index contributed by atoms with van der Waals surface area (Å²) in [7, 11) is 0. The van der Waals surface area contributed by atoms with Gasteiger partial charge in [0.2, 0.25) is 5.91 Å². The van der Waals surface area contributed by atoms with Crippen molar-refractivity contribution in [3.05, 3.63) is 65.5 Å². The molecule has 130 valence electrons. The zero-order valence-corrected chi connectivity index (χ0v) is 14.5. The van der Waals surface area contributed by atoms with Crippen LogP contribution in [0.5, 0.6) is 0 Å². The molecule has 4 nitrogen and oxygen atoms in total. The molecule has 2 aliphatic rings. The summed E-state index contributed by atoms with van der Waals surface area (Å²) >= 11 is 0. The smallest absolute Gasteiger partial charge is 0.227 e. The van der Waals surface area contributed by atoms with Gasteiger partial charge >= 0.3 is 0 Å². The van der Waals surface area contributed by atoms with Gasteiger partial charge < -0.3 is 10.6 Å². The fourth-order valence-corrected chi connectivity index (χ4v) is 4.49. The molecule has 2 heterocycles. The second kappa shape index (κ2) is 6.96. The lowest BCUT2D eigenvalue weighted by Crippen LogP contribution is -2.39. The number of nitrogens with zero attached hydrogens (tertiary/aromatic N) is 1. The number of amides is 1. The summed E-state index contributed by atoms with van der Waals surface area (Å²) in [6.45, 7) is 2.73. The number of pyridine rings is 1. The van der Waals surface area contributed by atoms with E-state index >= 15 is 0 Å². The van der Waals surface area contributed by atoms with Gasteiger partial charge in [-0.1, -0.05) is 30.3 Å². The minimum Gasteiger partial charge on any atom is -0.355 e. The number of rotatable bonds is 4. The molecule has 1 unspecified atom stereocenters. The van der Waals surface area contributed by atoms with Gasteiger partial charge in [0.25, 0.3) is 0 Å². The van der Waals surface area contributed by atoms with Gasteiger partial charge in [0, 0.05) is 24.9 Å². The summed E-state index contributed by atoms with van der Waals surface area (Å²) in [6, 6.07) is 14.5. The third kappa shape index (κ3) is 3.19. The summed E-state index contributed by atoms with van der Waals surface area (Å²) in [5.74, 6) is 0.150. The first-order valence-corrected chi connectivity index (χ1v) is 9.26. The third-order valence-corrected chi connectivity index (χ3v) is 5.79. The van der Waals surface area contributed by atoms with Crippen LogP contribution in [0, 0.1) is 0 Å². The van der Waals surface area contributed by atoms with E-state index < -0.39 is 0 Å². The van der Waals surface area contributed by atoms with Gasteiger partial charge in [0.15, 0.2) is 0 Å². The highest BCUT2D eigenvalue weighted by Gasteiger charge is 2.46. The Hall–Kier alpha value is -2.20. The summed E-state index contributed by atoms with van der Waals surface area (Å²) < 4.78 is 0. The van der Waals surface area contributed by atoms with Crippen molar-refractivity contribution >= 4 is 5.91 Å². The first-order valence-electron chi connectivity index (χ1n) is 9.26. The van der Waals surface area contributed by atoms with E-state index in [1.165, 1.54) is 11.1 Å². The van der Waals surface area contributed by atoms with Gasteiger partial charge in [0.1, 0.15) is 0 Å². The van der Waals surface area contributed by atoms with Crippen molar-refractivity contribution in [1.82, 2.24) is 15.6 Å². The molecule has 0 bridgehead atoms. The topological polar surface area (TPSA) is 54.0 Å². The normalized spacial score (nSPS) is 21.0. The van der Waals surface area contributed by atoms with Gasteiger partial charge in [-0.3, -0.25) is 9.78 Å². The number of benzene rings is 1. The molecule has 1 aromatic carbocycles. The Morgan fingerprint density at radius 1 is 1.16 bits per heavy atom. The van der Waals surface area contributed by atoms with Crippen LogP contribution in [-0.4, -0.2) is 30.5 Å². The summed E-state index contributed by atoms with van der Waals surface area (Å²) in [6.07, 6.45) is 5.77. The monoisotopic (exact) mass is 335 g/mol. The van der Waals surface area contributed by atoms with Gasteiger partial charge in [-0.05, 0) is 61.0 Å². The van der Waals surface area contributed by atoms with Gasteiger partial charge in [-0.25, -0.2) is 0 Å². The van der Waals surface area contributed by atoms with Crippen molar-refractivity contribution in [1.29, 1.82) is 0 Å². The Morgan fingerprint density at radius 3 is 2.76 bits per heavy atom.